The maximum Gasteiger partial charge on any atom is 0.248 e. The topological polar surface area (TPSA) is 115 Å². The number of para-hydroxylation sites is 1. The van der Waals surface area contributed by atoms with E-state index in [1.54, 1.807) is 11.6 Å². The number of anilines is 1. The molecule has 0 saturated carbocycles. The van der Waals surface area contributed by atoms with Gasteiger partial charge in [-0.3, -0.25) is 4.79 Å². The maximum absolute atomic E-state index is 12.2. The Kier molecular flexibility index (Phi) is 7.22. The number of nitrogens with two attached hydrogens (primary N) is 1. The standard InChI is InChI=1S/C21H27N5O3/c1-15(29-14-17-9-6-12-28-17)21(27)24-11-5-10-19-18(13-22)20(23)26(25-19)16-7-3-2-4-8-16/h2-4,7-8,15,17H,5-6,9-12,14,23H2,1H3,(H,24,27). The first-order valence-corrected chi connectivity index (χ1v) is 9.94. The molecule has 0 spiro atoms. The Labute approximate surface area is 170 Å². The van der Waals surface area contributed by atoms with E-state index in [-0.39, 0.29) is 12.0 Å². The van der Waals surface area contributed by atoms with Gasteiger partial charge in [-0.2, -0.15) is 10.4 Å². The van der Waals surface area contributed by atoms with Gasteiger partial charge in [0.05, 0.1) is 24.1 Å². The molecular formula is C21H27N5O3. The number of ether oxygens (including phenoxy) is 2. The van der Waals surface area contributed by atoms with Crippen molar-refractivity contribution in [1.29, 1.82) is 5.26 Å². The van der Waals surface area contributed by atoms with Crippen molar-refractivity contribution in [1.82, 2.24) is 15.1 Å². The predicted octanol–water partition coefficient (Wildman–Crippen LogP) is 1.96. The summed E-state index contributed by atoms with van der Waals surface area (Å²) < 4.78 is 12.7. The second kappa shape index (κ2) is 10.0. The zero-order valence-electron chi connectivity index (χ0n) is 16.6. The minimum atomic E-state index is -0.526. The van der Waals surface area contributed by atoms with Crippen molar-refractivity contribution < 1.29 is 14.3 Å². The molecule has 3 N–H and O–H groups in total. The number of amides is 1. The van der Waals surface area contributed by atoms with Gasteiger partial charge in [0.25, 0.3) is 0 Å². The van der Waals surface area contributed by atoms with Crippen molar-refractivity contribution >= 4 is 11.7 Å². The lowest BCUT2D eigenvalue weighted by molar-refractivity contribution is -0.133. The molecule has 1 aromatic carbocycles. The minimum Gasteiger partial charge on any atom is -0.382 e. The van der Waals surface area contributed by atoms with E-state index < -0.39 is 6.10 Å². The number of nitriles is 1. The molecule has 0 aliphatic carbocycles. The SMILES string of the molecule is CC(OCC1CCCO1)C(=O)NCCCc1nn(-c2ccccc2)c(N)c1C#N. The fourth-order valence-corrected chi connectivity index (χ4v) is 3.26. The van der Waals surface area contributed by atoms with E-state index >= 15 is 0 Å². The van der Waals surface area contributed by atoms with Gasteiger partial charge in [0.2, 0.25) is 5.91 Å². The minimum absolute atomic E-state index is 0.0971. The van der Waals surface area contributed by atoms with Crippen LogP contribution in [0, 0.1) is 11.3 Å². The van der Waals surface area contributed by atoms with Crippen LogP contribution in [0.5, 0.6) is 0 Å². The molecule has 1 aliphatic rings. The van der Waals surface area contributed by atoms with E-state index in [2.05, 4.69) is 16.5 Å². The molecule has 0 bridgehead atoms. The molecule has 154 valence electrons. The lowest BCUT2D eigenvalue weighted by Gasteiger charge is -2.16. The molecule has 2 aromatic rings. The number of carbonyl (C=O) groups excluding carboxylic acids is 1. The van der Waals surface area contributed by atoms with Crippen molar-refractivity contribution in [2.24, 2.45) is 0 Å². The van der Waals surface area contributed by atoms with Gasteiger partial charge in [-0.05, 0) is 44.7 Å². The predicted molar refractivity (Wildman–Crippen MR) is 108 cm³/mol. The summed E-state index contributed by atoms with van der Waals surface area (Å²) in [6.07, 6.45) is 2.78. The number of aromatic nitrogens is 2. The first-order valence-electron chi connectivity index (χ1n) is 9.94. The second-order valence-corrected chi connectivity index (χ2v) is 7.07. The highest BCUT2D eigenvalue weighted by atomic mass is 16.5. The number of nitrogens with zero attached hydrogens (tertiary/aromatic N) is 3. The van der Waals surface area contributed by atoms with Crippen LogP contribution in [0.4, 0.5) is 5.82 Å². The third-order valence-corrected chi connectivity index (χ3v) is 4.92. The van der Waals surface area contributed by atoms with Crippen LogP contribution in [0.2, 0.25) is 0 Å². The van der Waals surface area contributed by atoms with E-state index in [0.29, 0.717) is 43.1 Å². The van der Waals surface area contributed by atoms with Crippen molar-refractivity contribution in [2.45, 2.75) is 44.8 Å². The monoisotopic (exact) mass is 397 g/mol. The molecule has 2 heterocycles. The molecule has 2 atom stereocenters. The van der Waals surface area contributed by atoms with Crippen LogP contribution in [-0.2, 0) is 20.7 Å². The van der Waals surface area contributed by atoms with Crippen molar-refractivity contribution in [3.05, 3.63) is 41.6 Å². The van der Waals surface area contributed by atoms with Gasteiger partial charge in [-0.15, -0.1) is 0 Å². The number of aryl methyl sites for hydroxylation is 1. The largest absolute Gasteiger partial charge is 0.382 e. The molecule has 1 saturated heterocycles. The van der Waals surface area contributed by atoms with Crippen LogP contribution in [0.15, 0.2) is 30.3 Å². The molecule has 1 aliphatic heterocycles. The van der Waals surface area contributed by atoms with Crippen LogP contribution in [0.3, 0.4) is 0 Å². The molecule has 1 amide bonds. The summed E-state index contributed by atoms with van der Waals surface area (Å²) in [5, 5.41) is 16.8. The highest BCUT2D eigenvalue weighted by Crippen LogP contribution is 2.21. The number of nitrogens with one attached hydrogen (secondary N) is 1. The zero-order chi connectivity index (χ0) is 20.6. The summed E-state index contributed by atoms with van der Waals surface area (Å²) in [5.41, 5.74) is 7.92. The lowest BCUT2D eigenvalue weighted by Crippen LogP contribution is -2.36. The number of hydrogen-bond acceptors (Lipinski definition) is 6. The van der Waals surface area contributed by atoms with Crippen LogP contribution in [0.1, 0.15) is 37.4 Å². The van der Waals surface area contributed by atoms with E-state index in [1.165, 1.54) is 0 Å². The average Bonchev–Trinajstić information content (AvgIpc) is 3.37. The molecule has 8 heteroatoms. The summed E-state index contributed by atoms with van der Waals surface area (Å²) in [6, 6.07) is 11.6. The zero-order valence-corrected chi connectivity index (χ0v) is 16.6. The summed E-state index contributed by atoms with van der Waals surface area (Å²) >= 11 is 0. The lowest BCUT2D eigenvalue weighted by atomic mass is 10.1. The smallest absolute Gasteiger partial charge is 0.248 e. The molecule has 3 rings (SSSR count). The Morgan fingerprint density at radius 2 is 2.28 bits per heavy atom. The molecule has 1 aromatic heterocycles. The number of carbonyl (C=O) groups is 1. The van der Waals surface area contributed by atoms with Gasteiger partial charge in [-0.25, -0.2) is 4.68 Å². The van der Waals surface area contributed by atoms with Gasteiger partial charge in [0.1, 0.15) is 23.6 Å². The summed E-state index contributed by atoms with van der Waals surface area (Å²) in [6.45, 7) is 3.41. The second-order valence-electron chi connectivity index (χ2n) is 7.07. The number of benzene rings is 1. The average molecular weight is 397 g/mol. The Morgan fingerprint density at radius 1 is 1.48 bits per heavy atom. The fraction of sp³-hybridized carbons (Fsp3) is 0.476. The first kappa shape index (κ1) is 20.8. The van der Waals surface area contributed by atoms with E-state index in [9.17, 15) is 10.1 Å². The molecule has 29 heavy (non-hydrogen) atoms. The Morgan fingerprint density at radius 3 is 2.97 bits per heavy atom. The van der Waals surface area contributed by atoms with E-state index in [4.69, 9.17) is 15.2 Å². The fourth-order valence-electron chi connectivity index (χ4n) is 3.26. The number of rotatable bonds is 9. The van der Waals surface area contributed by atoms with Crippen LogP contribution in [0.25, 0.3) is 5.69 Å². The molecule has 0 radical (unpaired) electrons. The van der Waals surface area contributed by atoms with Gasteiger partial charge >= 0.3 is 0 Å². The van der Waals surface area contributed by atoms with Gasteiger partial charge in [0.15, 0.2) is 0 Å². The molecule has 8 nitrogen and oxygen atoms in total. The van der Waals surface area contributed by atoms with E-state index in [1.807, 2.05) is 30.3 Å². The molecule has 2 unspecified atom stereocenters. The third kappa shape index (κ3) is 5.34. The Hall–Kier alpha value is -2.89. The maximum atomic E-state index is 12.2. The van der Waals surface area contributed by atoms with Crippen LogP contribution >= 0.6 is 0 Å². The Bertz CT molecular complexity index is 853. The highest BCUT2D eigenvalue weighted by molar-refractivity contribution is 5.80. The van der Waals surface area contributed by atoms with Crippen LogP contribution in [-0.4, -0.2) is 47.7 Å². The molecular weight excluding hydrogens is 370 g/mol. The first-order chi connectivity index (χ1) is 14.1. The summed E-state index contributed by atoms with van der Waals surface area (Å²) in [7, 11) is 0. The van der Waals surface area contributed by atoms with Crippen LogP contribution < -0.4 is 11.1 Å². The summed E-state index contributed by atoms with van der Waals surface area (Å²) in [4.78, 5) is 12.2. The van der Waals surface area contributed by atoms with E-state index in [0.717, 1.165) is 25.1 Å². The Balaban J connectivity index is 1.47. The number of nitrogen functional groups attached to an aromatic ring is 1. The number of hydrogen-bond donors (Lipinski definition) is 2. The van der Waals surface area contributed by atoms with Gasteiger partial charge in [-0.1, -0.05) is 18.2 Å². The third-order valence-electron chi connectivity index (χ3n) is 4.92. The highest BCUT2D eigenvalue weighted by Gasteiger charge is 2.20. The summed E-state index contributed by atoms with van der Waals surface area (Å²) in [5.74, 6) is 0.173. The molecule has 1 fully saturated rings. The van der Waals surface area contributed by atoms with Crippen molar-refractivity contribution in [2.75, 3.05) is 25.5 Å². The van der Waals surface area contributed by atoms with Crippen molar-refractivity contribution in [3.63, 3.8) is 0 Å². The quantitative estimate of drug-likeness (QED) is 0.625. The van der Waals surface area contributed by atoms with Gasteiger partial charge in [0, 0.05) is 13.2 Å². The normalized spacial score (nSPS) is 17.0. The van der Waals surface area contributed by atoms with Gasteiger partial charge < -0.3 is 20.5 Å². The van der Waals surface area contributed by atoms with Crippen molar-refractivity contribution in [3.8, 4) is 11.8 Å².